The summed E-state index contributed by atoms with van der Waals surface area (Å²) in [5, 5.41) is 17.0. The van der Waals surface area contributed by atoms with Crippen molar-refractivity contribution in [2.45, 2.75) is 39.8 Å². The lowest BCUT2D eigenvalue weighted by atomic mass is 10.1. The van der Waals surface area contributed by atoms with E-state index in [1.807, 2.05) is 56.0 Å². The molecule has 0 aliphatic carbocycles. The minimum Gasteiger partial charge on any atom is -0.491 e. The highest BCUT2D eigenvalue weighted by Crippen LogP contribution is 2.32. The van der Waals surface area contributed by atoms with Gasteiger partial charge in [-0.1, -0.05) is 17.3 Å². The average Bonchev–Trinajstić information content (AvgIpc) is 3.20. The number of piperazine rings is 1. The van der Waals surface area contributed by atoms with E-state index in [4.69, 9.17) is 19.2 Å². The molecule has 1 unspecified atom stereocenters. The van der Waals surface area contributed by atoms with Crippen molar-refractivity contribution in [2.75, 3.05) is 44.7 Å². The molecule has 10 heteroatoms. The SMILES string of the molecule is CNCC(O)COc1cccc(-c2nc(-c3c(C)noc3C)cc(N3CCN(C(C)=O)[C@@H](C)C3)n2)c1. The molecule has 1 aromatic carbocycles. The van der Waals surface area contributed by atoms with E-state index >= 15 is 0 Å². The molecule has 0 bridgehead atoms. The number of aliphatic hydroxyl groups is 1. The first kappa shape index (κ1) is 25.6. The summed E-state index contributed by atoms with van der Waals surface area (Å²) >= 11 is 0. The molecule has 1 aliphatic heterocycles. The largest absolute Gasteiger partial charge is 0.491 e. The summed E-state index contributed by atoms with van der Waals surface area (Å²) < 4.78 is 11.2. The van der Waals surface area contributed by atoms with Crippen molar-refractivity contribution in [3.8, 4) is 28.4 Å². The molecule has 1 aliphatic rings. The molecule has 2 atom stereocenters. The number of carbonyl (C=O) groups excluding carboxylic acids is 1. The Morgan fingerprint density at radius 3 is 2.75 bits per heavy atom. The van der Waals surface area contributed by atoms with Crippen LogP contribution in [0.2, 0.25) is 0 Å². The molecule has 0 saturated carbocycles. The Hall–Kier alpha value is -3.50. The second-order valence-electron chi connectivity index (χ2n) is 9.19. The highest BCUT2D eigenvalue weighted by atomic mass is 16.5. The zero-order valence-corrected chi connectivity index (χ0v) is 21.5. The van der Waals surface area contributed by atoms with Crippen LogP contribution < -0.4 is 15.0 Å². The second kappa shape index (κ2) is 11.0. The third-order valence-electron chi connectivity index (χ3n) is 6.33. The summed E-state index contributed by atoms with van der Waals surface area (Å²) in [7, 11) is 1.78. The van der Waals surface area contributed by atoms with Crippen LogP contribution in [-0.4, -0.2) is 83.0 Å². The minimum atomic E-state index is -0.611. The van der Waals surface area contributed by atoms with Gasteiger partial charge in [0.15, 0.2) is 5.82 Å². The Morgan fingerprint density at radius 2 is 2.08 bits per heavy atom. The standard InChI is InChI=1S/C26H34N6O4/c1-16-14-31(9-10-32(16)19(4)33)24-12-23(25-17(2)30-36-18(25)3)28-26(29-24)20-7-6-8-22(11-20)35-15-21(34)13-27-5/h6-8,11-12,16,21,27,34H,9-10,13-15H2,1-5H3/t16-,21?/m0/s1. The van der Waals surface area contributed by atoms with Gasteiger partial charge < -0.3 is 29.5 Å². The molecular formula is C26H34N6O4. The Kier molecular flexibility index (Phi) is 7.85. The Bertz CT molecular complexity index is 1190. The number of amides is 1. The fourth-order valence-electron chi connectivity index (χ4n) is 4.55. The normalized spacial score (nSPS) is 16.8. The maximum absolute atomic E-state index is 12.0. The van der Waals surface area contributed by atoms with Gasteiger partial charge in [0, 0.05) is 50.8 Å². The number of ether oxygens (including phenoxy) is 1. The predicted molar refractivity (Wildman–Crippen MR) is 137 cm³/mol. The van der Waals surface area contributed by atoms with E-state index in [2.05, 4.69) is 15.4 Å². The smallest absolute Gasteiger partial charge is 0.219 e. The van der Waals surface area contributed by atoms with E-state index in [-0.39, 0.29) is 18.6 Å². The minimum absolute atomic E-state index is 0.0675. The summed E-state index contributed by atoms with van der Waals surface area (Å²) in [6.45, 7) is 10.0. The highest BCUT2D eigenvalue weighted by molar-refractivity contribution is 5.74. The first-order valence-electron chi connectivity index (χ1n) is 12.2. The molecular weight excluding hydrogens is 460 g/mol. The van der Waals surface area contributed by atoms with Crippen LogP contribution in [0.3, 0.4) is 0 Å². The van der Waals surface area contributed by atoms with Crippen LogP contribution in [0.1, 0.15) is 25.3 Å². The topological polar surface area (TPSA) is 117 Å². The van der Waals surface area contributed by atoms with Gasteiger partial charge in [-0.05, 0) is 40.0 Å². The molecule has 0 radical (unpaired) electrons. The van der Waals surface area contributed by atoms with Crippen LogP contribution in [0.25, 0.3) is 22.6 Å². The molecule has 4 rings (SSSR count). The molecule has 2 aromatic heterocycles. The van der Waals surface area contributed by atoms with Gasteiger partial charge in [0.2, 0.25) is 5.91 Å². The van der Waals surface area contributed by atoms with Crippen molar-refractivity contribution in [3.63, 3.8) is 0 Å². The molecule has 192 valence electrons. The zero-order chi connectivity index (χ0) is 25.8. The fraction of sp³-hybridized carbons (Fsp3) is 0.462. The number of benzene rings is 1. The number of likely N-dealkylation sites (N-methyl/N-ethyl adjacent to an activating group) is 1. The van der Waals surface area contributed by atoms with Crippen LogP contribution in [0.15, 0.2) is 34.9 Å². The molecule has 1 saturated heterocycles. The van der Waals surface area contributed by atoms with Gasteiger partial charge in [0.05, 0.1) is 17.0 Å². The number of aliphatic hydroxyl groups excluding tert-OH is 1. The van der Waals surface area contributed by atoms with E-state index in [9.17, 15) is 9.90 Å². The number of hydrogen-bond acceptors (Lipinski definition) is 9. The summed E-state index contributed by atoms with van der Waals surface area (Å²) in [5.41, 5.74) is 3.12. The lowest BCUT2D eigenvalue weighted by Crippen LogP contribution is -2.53. The van der Waals surface area contributed by atoms with Crippen LogP contribution >= 0.6 is 0 Å². The van der Waals surface area contributed by atoms with Gasteiger partial charge in [0.25, 0.3) is 0 Å². The number of rotatable bonds is 8. The van der Waals surface area contributed by atoms with E-state index in [1.54, 1.807) is 14.0 Å². The van der Waals surface area contributed by atoms with Crippen LogP contribution in [0.4, 0.5) is 5.82 Å². The molecule has 36 heavy (non-hydrogen) atoms. The molecule has 10 nitrogen and oxygen atoms in total. The number of nitrogens with zero attached hydrogens (tertiary/aromatic N) is 5. The van der Waals surface area contributed by atoms with Gasteiger partial charge in [-0.15, -0.1) is 0 Å². The Morgan fingerprint density at radius 1 is 1.28 bits per heavy atom. The summed E-state index contributed by atoms with van der Waals surface area (Å²) in [6, 6.07) is 9.56. The maximum Gasteiger partial charge on any atom is 0.219 e. The lowest BCUT2D eigenvalue weighted by Gasteiger charge is -2.40. The Balaban J connectivity index is 1.70. The third kappa shape index (κ3) is 5.66. The van der Waals surface area contributed by atoms with Crippen LogP contribution in [0.5, 0.6) is 5.75 Å². The average molecular weight is 495 g/mol. The number of aryl methyl sites for hydroxylation is 2. The zero-order valence-electron chi connectivity index (χ0n) is 21.5. The summed E-state index contributed by atoms with van der Waals surface area (Å²) in [4.78, 5) is 25.8. The second-order valence-corrected chi connectivity index (χ2v) is 9.19. The van der Waals surface area contributed by atoms with Crippen molar-refractivity contribution in [1.29, 1.82) is 0 Å². The fourth-order valence-corrected chi connectivity index (χ4v) is 4.55. The van der Waals surface area contributed by atoms with Crippen molar-refractivity contribution >= 4 is 11.7 Å². The maximum atomic E-state index is 12.0. The summed E-state index contributed by atoms with van der Waals surface area (Å²) in [6.07, 6.45) is -0.611. The van der Waals surface area contributed by atoms with Crippen molar-refractivity contribution in [1.82, 2.24) is 25.3 Å². The van der Waals surface area contributed by atoms with Gasteiger partial charge in [-0.3, -0.25) is 4.79 Å². The quantitative estimate of drug-likeness (QED) is 0.487. The van der Waals surface area contributed by atoms with Gasteiger partial charge in [0.1, 0.15) is 30.0 Å². The number of carbonyl (C=O) groups is 1. The monoisotopic (exact) mass is 494 g/mol. The van der Waals surface area contributed by atoms with Crippen LogP contribution in [0, 0.1) is 13.8 Å². The first-order chi connectivity index (χ1) is 17.3. The molecule has 2 N–H and O–H groups in total. The van der Waals surface area contributed by atoms with E-state index in [0.29, 0.717) is 43.5 Å². The highest BCUT2D eigenvalue weighted by Gasteiger charge is 2.27. The number of hydrogen-bond donors (Lipinski definition) is 2. The van der Waals surface area contributed by atoms with Gasteiger partial charge in [-0.25, -0.2) is 9.97 Å². The van der Waals surface area contributed by atoms with Crippen molar-refractivity contribution < 1.29 is 19.2 Å². The van der Waals surface area contributed by atoms with E-state index < -0.39 is 6.10 Å². The number of aromatic nitrogens is 3. The molecule has 1 fully saturated rings. The van der Waals surface area contributed by atoms with E-state index in [0.717, 1.165) is 28.3 Å². The summed E-state index contributed by atoms with van der Waals surface area (Å²) in [5.74, 6) is 2.72. The predicted octanol–water partition coefficient (Wildman–Crippen LogP) is 2.43. The molecule has 0 spiro atoms. The lowest BCUT2D eigenvalue weighted by molar-refractivity contribution is -0.131. The number of anilines is 1. The Labute approximate surface area is 211 Å². The first-order valence-corrected chi connectivity index (χ1v) is 12.2. The number of nitrogens with one attached hydrogen (secondary N) is 1. The van der Waals surface area contributed by atoms with Crippen molar-refractivity contribution in [2.24, 2.45) is 0 Å². The van der Waals surface area contributed by atoms with Gasteiger partial charge in [-0.2, -0.15) is 0 Å². The molecule has 3 aromatic rings. The molecule has 1 amide bonds. The third-order valence-corrected chi connectivity index (χ3v) is 6.33. The van der Waals surface area contributed by atoms with Crippen molar-refractivity contribution in [3.05, 3.63) is 41.8 Å². The molecule has 3 heterocycles. The van der Waals surface area contributed by atoms with Gasteiger partial charge >= 0.3 is 0 Å². The van der Waals surface area contributed by atoms with Crippen LogP contribution in [-0.2, 0) is 4.79 Å². The van der Waals surface area contributed by atoms with E-state index in [1.165, 1.54) is 0 Å².